The van der Waals surface area contributed by atoms with Crippen molar-refractivity contribution >= 4 is 17.8 Å². The normalized spacial score (nSPS) is 13.0. The van der Waals surface area contributed by atoms with Crippen LogP contribution in [0.4, 0.5) is 5.69 Å². The lowest BCUT2D eigenvalue weighted by atomic mass is 9.91. The zero-order valence-corrected chi connectivity index (χ0v) is 21.0. The molecule has 0 radical (unpaired) electrons. The molecule has 0 unspecified atom stereocenters. The number of nitrogens with zero attached hydrogens (tertiary/aromatic N) is 2. The van der Waals surface area contributed by atoms with Gasteiger partial charge in [-0.2, -0.15) is 5.10 Å². The molecule has 5 rings (SSSR count). The average molecular weight is 490 g/mol. The number of anilines is 1. The van der Waals surface area contributed by atoms with E-state index in [-0.39, 0.29) is 5.91 Å². The molecule has 1 aliphatic heterocycles. The summed E-state index contributed by atoms with van der Waals surface area (Å²) in [5.41, 5.74) is 9.27. The molecule has 0 aromatic heterocycles. The molecule has 1 amide bonds. The van der Waals surface area contributed by atoms with E-state index in [1.54, 1.807) is 13.3 Å². The van der Waals surface area contributed by atoms with Crippen molar-refractivity contribution in [1.82, 2.24) is 5.43 Å². The molecule has 0 bridgehead atoms. The Morgan fingerprint density at radius 2 is 1.62 bits per heavy atom. The molecule has 5 heteroatoms. The van der Waals surface area contributed by atoms with E-state index >= 15 is 0 Å². The number of hydrogen-bond donors (Lipinski definition) is 1. The number of aryl methyl sites for hydroxylation is 1. The van der Waals surface area contributed by atoms with Crippen molar-refractivity contribution in [2.75, 3.05) is 18.6 Å². The van der Waals surface area contributed by atoms with Gasteiger partial charge < -0.3 is 9.64 Å². The number of ether oxygens (including phenoxy) is 1. The summed E-state index contributed by atoms with van der Waals surface area (Å²) in [6.45, 7) is 1.76. The zero-order chi connectivity index (χ0) is 25.5. The van der Waals surface area contributed by atoms with Crippen LogP contribution >= 0.6 is 0 Å². The minimum absolute atomic E-state index is 0.174. The summed E-state index contributed by atoms with van der Waals surface area (Å²) in [5.74, 6) is 0.231. The quantitative estimate of drug-likeness (QED) is 0.247. The van der Waals surface area contributed by atoms with Gasteiger partial charge in [-0.15, -0.1) is 0 Å². The highest BCUT2D eigenvalue weighted by atomic mass is 16.5. The molecule has 0 saturated carbocycles. The highest BCUT2D eigenvalue weighted by Crippen LogP contribution is 2.30. The van der Waals surface area contributed by atoms with Gasteiger partial charge in [0.25, 0.3) is 5.91 Å². The van der Waals surface area contributed by atoms with Crippen molar-refractivity contribution < 1.29 is 9.53 Å². The average Bonchev–Trinajstić information content (AvgIpc) is 2.95. The first-order valence-corrected chi connectivity index (χ1v) is 12.7. The Morgan fingerprint density at radius 3 is 2.32 bits per heavy atom. The van der Waals surface area contributed by atoms with Gasteiger partial charge in [-0.1, -0.05) is 78.9 Å². The Hall–Kier alpha value is -4.38. The predicted octanol–water partition coefficient (Wildman–Crippen LogP) is 5.93. The lowest BCUT2D eigenvalue weighted by molar-refractivity contribution is -0.121. The van der Waals surface area contributed by atoms with E-state index in [0.717, 1.165) is 53.9 Å². The van der Waals surface area contributed by atoms with Crippen molar-refractivity contribution in [3.8, 4) is 5.75 Å². The number of amides is 1. The van der Waals surface area contributed by atoms with Crippen LogP contribution in [0.3, 0.4) is 0 Å². The Morgan fingerprint density at radius 1 is 0.946 bits per heavy atom. The first-order chi connectivity index (χ1) is 18.2. The minimum atomic E-state index is -0.440. The Labute approximate surface area is 218 Å². The van der Waals surface area contributed by atoms with E-state index in [2.05, 4.69) is 45.8 Å². The van der Waals surface area contributed by atoms with Crippen molar-refractivity contribution in [3.63, 3.8) is 0 Å². The lowest BCUT2D eigenvalue weighted by Crippen LogP contribution is -2.29. The van der Waals surface area contributed by atoms with E-state index in [9.17, 15) is 4.79 Å². The number of rotatable bonds is 8. The van der Waals surface area contributed by atoms with Crippen LogP contribution in [0.2, 0.25) is 0 Å². The Balaban J connectivity index is 1.33. The molecular formula is C32H31N3O2. The van der Waals surface area contributed by atoms with Crippen molar-refractivity contribution in [2.45, 2.75) is 25.3 Å². The van der Waals surface area contributed by atoms with E-state index in [1.165, 1.54) is 11.3 Å². The van der Waals surface area contributed by atoms with Crippen molar-refractivity contribution in [3.05, 3.63) is 131 Å². The molecule has 4 aromatic rings. The number of fused-ring (bicyclic) bond motifs is 1. The molecular weight excluding hydrogens is 458 g/mol. The van der Waals surface area contributed by atoms with Crippen LogP contribution in [0.5, 0.6) is 5.75 Å². The zero-order valence-electron chi connectivity index (χ0n) is 21.0. The first-order valence-electron chi connectivity index (χ1n) is 12.7. The fraction of sp³-hybridized carbons (Fsp3) is 0.188. The maximum Gasteiger partial charge on any atom is 0.252 e. The number of methoxy groups -OCH3 is 1. The third kappa shape index (κ3) is 5.72. The number of hydrazone groups is 1. The van der Waals surface area contributed by atoms with Crippen molar-refractivity contribution in [1.29, 1.82) is 0 Å². The van der Waals surface area contributed by atoms with Gasteiger partial charge in [0.2, 0.25) is 0 Å². The number of para-hydroxylation sites is 1. The van der Waals surface area contributed by atoms with Gasteiger partial charge in [0.05, 0.1) is 19.2 Å². The summed E-state index contributed by atoms with van der Waals surface area (Å²) in [7, 11) is 1.70. The second-order valence-electron chi connectivity index (χ2n) is 9.21. The highest BCUT2D eigenvalue weighted by Gasteiger charge is 2.22. The minimum Gasteiger partial charge on any atom is -0.496 e. The van der Waals surface area contributed by atoms with Crippen LogP contribution in [0.15, 0.2) is 108 Å². The SMILES string of the molecule is COc1ccc(/C=N/NC(=O)C(c2ccccc2)c2ccccc2)cc1CN1CCCc2ccccc21. The summed E-state index contributed by atoms with van der Waals surface area (Å²) in [6, 6.07) is 34.2. The fourth-order valence-corrected chi connectivity index (χ4v) is 5.00. The van der Waals surface area contributed by atoms with E-state index in [1.807, 2.05) is 72.8 Å². The van der Waals surface area contributed by atoms with E-state index in [0.29, 0.717) is 0 Å². The lowest BCUT2D eigenvalue weighted by Gasteiger charge is -2.31. The van der Waals surface area contributed by atoms with Crippen LogP contribution in [0.1, 0.15) is 40.2 Å². The molecule has 37 heavy (non-hydrogen) atoms. The van der Waals surface area contributed by atoms with E-state index in [4.69, 9.17) is 4.74 Å². The summed E-state index contributed by atoms with van der Waals surface area (Å²) < 4.78 is 5.66. The number of carbonyl (C=O) groups excluding carboxylic acids is 1. The second-order valence-corrected chi connectivity index (χ2v) is 9.21. The number of hydrogen-bond acceptors (Lipinski definition) is 4. The molecule has 4 aromatic carbocycles. The molecule has 1 aliphatic rings. The van der Waals surface area contributed by atoms with E-state index < -0.39 is 5.92 Å². The maximum absolute atomic E-state index is 13.2. The summed E-state index contributed by atoms with van der Waals surface area (Å²) in [6.07, 6.45) is 3.94. The number of carbonyl (C=O) groups is 1. The van der Waals surface area contributed by atoms with Gasteiger partial charge in [0.1, 0.15) is 5.75 Å². The van der Waals surface area contributed by atoms with Gasteiger partial charge in [0.15, 0.2) is 0 Å². The van der Waals surface area contributed by atoms with Crippen molar-refractivity contribution in [2.24, 2.45) is 5.10 Å². The standard InChI is InChI=1S/C32H31N3O2/c1-37-30-19-18-24(21-28(30)23-35-20-10-16-25-11-8-9-17-29(25)35)22-33-34-32(36)31(26-12-4-2-5-13-26)27-14-6-3-7-15-27/h2-9,11-15,17-19,21-22,31H,10,16,20,23H2,1H3,(H,34,36)/b33-22+. The summed E-state index contributed by atoms with van der Waals surface area (Å²) in [5, 5.41) is 4.31. The van der Waals surface area contributed by atoms with Crippen LogP contribution in [-0.2, 0) is 17.8 Å². The van der Waals surface area contributed by atoms with Crippen LogP contribution in [0.25, 0.3) is 0 Å². The highest BCUT2D eigenvalue weighted by molar-refractivity contribution is 5.88. The summed E-state index contributed by atoms with van der Waals surface area (Å²) in [4.78, 5) is 15.6. The molecule has 1 heterocycles. The Bertz CT molecular complexity index is 1330. The largest absolute Gasteiger partial charge is 0.496 e. The number of benzene rings is 4. The molecule has 1 N–H and O–H groups in total. The monoisotopic (exact) mass is 489 g/mol. The topological polar surface area (TPSA) is 53.9 Å². The first kappa shape index (κ1) is 24.3. The maximum atomic E-state index is 13.2. The molecule has 0 atom stereocenters. The molecule has 186 valence electrons. The van der Waals surface area contributed by atoms with Gasteiger partial charge in [-0.05, 0) is 59.4 Å². The summed E-state index contributed by atoms with van der Waals surface area (Å²) >= 11 is 0. The van der Waals surface area contributed by atoms with Gasteiger partial charge >= 0.3 is 0 Å². The van der Waals surface area contributed by atoms with Gasteiger partial charge in [0, 0.05) is 24.3 Å². The smallest absolute Gasteiger partial charge is 0.252 e. The third-order valence-corrected chi connectivity index (χ3v) is 6.79. The van der Waals surface area contributed by atoms with Gasteiger partial charge in [-0.3, -0.25) is 4.79 Å². The van der Waals surface area contributed by atoms with Gasteiger partial charge in [-0.25, -0.2) is 5.43 Å². The Kier molecular flexibility index (Phi) is 7.60. The third-order valence-electron chi connectivity index (χ3n) is 6.79. The predicted molar refractivity (Wildman–Crippen MR) is 149 cm³/mol. The van der Waals surface area contributed by atoms with Crippen LogP contribution in [-0.4, -0.2) is 25.8 Å². The molecule has 0 saturated heterocycles. The molecule has 0 aliphatic carbocycles. The molecule has 5 nitrogen and oxygen atoms in total. The molecule has 0 fully saturated rings. The second kappa shape index (κ2) is 11.6. The van der Waals surface area contributed by atoms with Crippen LogP contribution < -0.4 is 15.1 Å². The molecule has 0 spiro atoms. The fourth-order valence-electron chi connectivity index (χ4n) is 5.00. The number of nitrogens with one attached hydrogen (secondary N) is 1. The van der Waals surface area contributed by atoms with Crippen LogP contribution in [0, 0.1) is 0 Å².